The molecule has 0 radical (unpaired) electrons. The van der Waals surface area contributed by atoms with Crippen LogP contribution in [0.15, 0.2) is 136 Å². The molecule has 8 nitrogen and oxygen atoms in total. The number of carbonyl (C=O) groups is 2. The predicted octanol–water partition coefficient (Wildman–Crippen LogP) is 13.1. The van der Waals surface area contributed by atoms with Crippen molar-refractivity contribution in [3.8, 4) is 44.5 Å². The smallest absolute Gasteiger partial charge is 0.324 e. The fourth-order valence-electron chi connectivity index (χ4n) is 8.04. The summed E-state index contributed by atoms with van der Waals surface area (Å²) in [7, 11) is 0. The topological polar surface area (TPSA) is 110 Å². The Kier molecular flexibility index (Phi) is 11.2. The zero-order chi connectivity index (χ0) is 42.0. The van der Waals surface area contributed by atoms with Gasteiger partial charge in [-0.1, -0.05) is 121 Å². The van der Waals surface area contributed by atoms with Crippen LogP contribution in [-0.2, 0) is 19.1 Å². The van der Waals surface area contributed by atoms with Crippen LogP contribution in [0.4, 0.5) is 0 Å². The molecule has 3 aromatic heterocycles. The van der Waals surface area contributed by atoms with Crippen molar-refractivity contribution >= 4 is 90.2 Å². The van der Waals surface area contributed by atoms with E-state index in [9.17, 15) is 9.59 Å². The summed E-state index contributed by atoms with van der Waals surface area (Å²) in [5, 5.41) is 0. The van der Waals surface area contributed by atoms with Crippen molar-refractivity contribution in [2.75, 3.05) is 13.2 Å². The van der Waals surface area contributed by atoms with Crippen LogP contribution in [0.3, 0.4) is 0 Å². The van der Waals surface area contributed by atoms with E-state index in [1.165, 1.54) is 0 Å². The second kappa shape index (κ2) is 17.2. The van der Waals surface area contributed by atoms with E-state index in [2.05, 4.69) is 66.1 Å². The summed E-state index contributed by atoms with van der Waals surface area (Å²) in [5.74, 6) is -2.83. The Morgan fingerprint density at radius 3 is 1.23 bits per heavy atom. The summed E-state index contributed by atoms with van der Waals surface area (Å²) < 4.78 is 12.9. The Morgan fingerprint density at radius 2 is 0.852 bits per heavy atom. The first-order chi connectivity index (χ1) is 29.9. The Bertz CT molecular complexity index is 3030. The first kappa shape index (κ1) is 39.8. The van der Waals surface area contributed by atoms with Crippen molar-refractivity contribution in [3.63, 3.8) is 0 Å². The third kappa shape index (κ3) is 7.47. The molecule has 2 aliphatic heterocycles. The highest BCUT2D eigenvalue weighted by Gasteiger charge is 2.35. The first-order valence-corrected chi connectivity index (χ1v) is 21.6. The van der Waals surface area contributed by atoms with E-state index >= 15 is 0 Å². The molecule has 10 heteroatoms. The number of nitrogens with zero attached hydrogens (tertiary/aromatic N) is 2. The minimum atomic E-state index is -1.41. The second-order valence-electron chi connectivity index (χ2n) is 14.3. The van der Waals surface area contributed by atoms with Crippen LogP contribution < -0.4 is 0 Å². The number of ether oxygens (including phenoxy) is 2. The number of aromatic amines is 2. The van der Waals surface area contributed by atoms with Gasteiger partial charge in [0.15, 0.2) is 5.92 Å². The molecule has 9 rings (SSSR count). The predicted molar refractivity (Wildman–Crippen MR) is 252 cm³/mol. The molecule has 0 saturated heterocycles. The molecule has 300 valence electrons. The van der Waals surface area contributed by atoms with Crippen LogP contribution >= 0.6 is 31.9 Å². The number of H-pyrrole nitrogens is 2. The third-order valence-corrected chi connectivity index (χ3v) is 12.8. The van der Waals surface area contributed by atoms with Gasteiger partial charge in [0.25, 0.3) is 0 Å². The third-order valence-electron chi connectivity index (χ3n) is 10.7. The summed E-state index contributed by atoms with van der Waals surface area (Å²) >= 11 is 7.97. The van der Waals surface area contributed by atoms with Crippen molar-refractivity contribution in [2.45, 2.75) is 19.8 Å². The zero-order valence-corrected chi connectivity index (χ0v) is 36.4. The van der Waals surface area contributed by atoms with Gasteiger partial charge in [0.1, 0.15) is 0 Å². The quantitative estimate of drug-likeness (QED) is 0.110. The Labute approximate surface area is 369 Å². The highest BCUT2D eigenvalue weighted by molar-refractivity contribution is 9.13. The minimum Gasteiger partial charge on any atom is -0.465 e. The molecule has 0 spiro atoms. The molecule has 0 atom stereocenters. The molecule has 0 saturated carbocycles. The SMILES string of the molecule is CCOC(=O)C(C(=O)OCC)c1cc2[nH]c1c(-c1ccccc1)c1nc(c(-c3ccccc3)c3[nH]c(c(Br)c3Br)c(-c3ccccc3)c3nc(c2-c2ccccc2)C=C3)C=C1. The number of aromatic nitrogens is 4. The number of esters is 2. The molecular weight excluding hydrogens is 892 g/mol. The number of nitrogens with one attached hydrogen (secondary N) is 2. The number of carbonyl (C=O) groups excluding carboxylic acids is 2. The van der Waals surface area contributed by atoms with E-state index < -0.39 is 17.9 Å². The Balaban J connectivity index is 1.56. The highest BCUT2D eigenvalue weighted by Crippen LogP contribution is 2.45. The molecule has 0 amide bonds. The molecule has 8 bridgehead atoms. The maximum atomic E-state index is 14.1. The number of hydrogen-bond donors (Lipinski definition) is 2. The van der Waals surface area contributed by atoms with Crippen molar-refractivity contribution in [1.82, 2.24) is 19.9 Å². The monoisotopic (exact) mass is 928 g/mol. The summed E-state index contributed by atoms with van der Waals surface area (Å²) in [4.78, 5) is 46.5. The normalized spacial score (nSPS) is 11.9. The lowest BCUT2D eigenvalue weighted by atomic mass is 9.94. The van der Waals surface area contributed by atoms with Crippen LogP contribution in [0.1, 0.15) is 48.1 Å². The summed E-state index contributed by atoms with van der Waals surface area (Å²) in [5.41, 5.74) is 12.7. The fourth-order valence-corrected chi connectivity index (χ4v) is 9.03. The Morgan fingerprint density at radius 1 is 0.508 bits per heavy atom. The van der Waals surface area contributed by atoms with E-state index in [1.54, 1.807) is 13.8 Å². The van der Waals surface area contributed by atoms with Gasteiger partial charge in [-0.15, -0.1) is 0 Å². The summed E-state index contributed by atoms with van der Waals surface area (Å²) in [6.07, 6.45) is 8.02. The lowest BCUT2D eigenvalue weighted by molar-refractivity contribution is -0.156. The molecule has 5 heterocycles. The van der Waals surface area contributed by atoms with Crippen molar-refractivity contribution in [2.24, 2.45) is 0 Å². The van der Waals surface area contributed by atoms with Gasteiger partial charge < -0.3 is 19.4 Å². The van der Waals surface area contributed by atoms with E-state index in [-0.39, 0.29) is 13.2 Å². The summed E-state index contributed by atoms with van der Waals surface area (Å²) in [6, 6.07) is 42.0. The van der Waals surface area contributed by atoms with Gasteiger partial charge >= 0.3 is 11.9 Å². The Hall–Kier alpha value is -6.62. The molecule has 61 heavy (non-hydrogen) atoms. The largest absolute Gasteiger partial charge is 0.465 e. The molecule has 0 unspecified atom stereocenters. The van der Waals surface area contributed by atoms with E-state index in [1.807, 2.05) is 127 Å². The van der Waals surface area contributed by atoms with Crippen LogP contribution in [0.25, 0.3) is 90.9 Å². The van der Waals surface area contributed by atoms with Crippen molar-refractivity contribution < 1.29 is 19.1 Å². The lowest BCUT2D eigenvalue weighted by Crippen LogP contribution is -2.26. The van der Waals surface area contributed by atoms with Gasteiger partial charge in [0.05, 0.1) is 61.5 Å². The van der Waals surface area contributed by atoms with Crippen molar-refractivity contribution in [1.29, 1.82) is 0 Å². The van der Waals surface area contributed by atoms with Gasteiger partial charge in [0, 0.05) is 33.3 Å². The van der Waals surface area contributed by atoms with Gasteiger partial charge in [-0.05, 0) is 98.3 Å². The zero-order valence-electron chi connectivity index (χ0n) is 33.2. The van der Waals surface area contributed by atoms with Crippen LogP contribution in [0.5, 0.6) is 0 Å². The molecular formula is C51H38Br2N4O4. The minimum absolute atomic E-state index is 0.0797. The number of benzene rings is 4. The average molecular weight is 931 g/mol. The lowest BCUT2D eigenvalue weighted by Gasteiger charge is -2.15. The van der Waals surface area contributed by atoms with E-state index in [0.29, 0.717) is 39.2 Å². The maximum Gasteiger partial charge on any atom is 0.324 e. The second-order valence-corrected chi connectivity index (χ2v) is 15.9. The van der Waals surface area contributed by atoms with Crippen LogP contribution in [0.2, 0.25) is 0 Å². The van der Waals surface area contributed by atoms with E-state index in [4.69, 9.17) is 19.4 Å². The molecule has 0 fully saturated rings. The van der Waals surface area contributed by atoms with Crippen LogP contribution in [-0.4, -0.2) is 45.1 Å². The van der Waals surface area contributed by atoms with Gasteiger partial charge in [-0.2, -0.15) is 0 Å². The summed E-state index contributed by atoms with van der Waals surface area (Å²) in [6.45, 7) is 3.60. The van der Waals surface area contributed by atoms with Gasteiger partial charge in [0.2, 0.25) is 0 Å². The van der Waals surface area contributed by atoms with Crippen molar-refractivity contribution in [3.05, 3.63) is 165 Å². The highest BCUT2D eigenvalue weighted by atomic mass is 79.9. The van der Waals surface area contributed by atoms with Crippen LogP contribution in [0, 0.1) is 0 Å². The fraction of sp³-hybridized carbons (Fsp3) is 0.0980. The number of rotatable bonds is 9. The van der Waals surface area contributed by atoms with Gasteiger partial charge in [-0.25, -0.2) is 9.97 Å². The molecule has 2 aliphatic rings. The molecule has 0 aliphatic carbocycles. The van der Waals surface area contributed by atoms with E-state index in [0.717, 1.165) is 64.6 Å². The number of fused-ring (bicyclic) bond motifs is 8. The maximum absolute atomic E-state index is 14.1. The number of hydrogen-bond acceptors (Lipinski definition) is 6. The standard InChI is InChI=1S/C51H38Br2N4O4/c1-3-60-50(58)44(51(59)61-4-2)34-29-39-40(30-17-9-5-10-18-30)35-25-26-37(54-35)42(32-21-13-7-14-22-32)48-45(52)46(53)49(57-48)43(33-23-15-8-16-24-33)38-28-27-36(55-38)41(47(34)56-39)31-19-11-6-12-20-31/h5-29,44,56-57H,3-4H2,1-2H3. The first-order valence-electron chi connectivity index (χ1n) is 20.0. The molecule has 4 aromatic carbocycles. The molecule has 2 N–H and O–H groups in total. The van der Waals surface area contributed by atoms with Gasteiger partial charge in [-0.3, -0.25) is 9.59 Å². The molecule has 7 aromatic rings. The number of halogens is 2. The average Bonchev–Trinajstić information content (AvgIpc) is 4.10.